The zero-order chi connectivity index (χ0) is 10.6. The van der Waals surface area contributed by atoms with Crippen LogP contribution in [0, 0.1) is 0 Å². The number of rotatable bonds is 4. The second-order valence-corrected chi connectivity index (χ2v) is 2.81. The Balaban J connectivity index is 3.22. The minimum Gasteiger partial charge on any atom is -0.321 e. The van der Waals surface area contributed by atoms with Crippen LogP contribution in [0.1, 0.15) is 25.2 Å². The minimum atomic E-state index is -0.355. The average Bonchev–Trinajstić information content (AvgIpc) is 2.20. The Morgan fingerprint density at radius 2 is 2.14 bits per heavy atom. The molecule has 2 N–H and O–H groups in total. The zero-order valence-electron chi connectivity index (χ0n) is 8.26. The van der Waals surface area contributed by atoms with Gasteiger partial charge in [-0.1, -0.05) is 13.8 Å². The van der Waals surface area contributed by atoms with E-state index in [0.29, 0.717) is 6.41 Å². The summed E-state index contributed by atoms with van der Waals surface area (Å²) >= 11 is 0. The summed E-state index contributed by atoms with van der Waals surface area (Å²) in [5.41, 5.74) is 1.29. The van der Waals surface area contributed by atoms with Gasteiger partial charge in [0.05, 0.1) is 5.69 Å². The Morgan fingerprint density at radius 1 is 1.43 bits per heavy atom. The lowest BCUT2D eigenvalue weighted by Gasteiger charge is -2.05. The van der Waals surface area contributed by atoms with Crippen LogP contribution < -0.4 is 10.9 Å². The maximum atomic E-state index is 11.3. The summed E-state index contributed by atoms with van der Waals surface area (Å²) < 4.78 is 0. The van der Waals surface area contributed by atoms with Gasteiger partial charge in [-0.05, 0) is 12.8 Å². The Hall–Kier alpha value is -1.65. The summed E-state index contributed by atoms with van der Waals surface area (Å²) in [4.78, 5) is 28.2. The molecular formula is C9H13N3O2. The van der Waals surface area contributed by atoms with Crippen LogP contribution in [0.4, 0.5) is 5.82 Å². The summed E-state index contributed by atoms with van der Waals surface area (Å²) in [5.74, 6) is 0.0639. The highest BCUT2D eigenvalue weighted by atomic mass is 16.1. The number of aromatic nitrogens is 2. The molecule has 1 amide bonds. The first-order valence-electron chi connectivity index (χ1n) is 4.55. The number of nitrogens with one attached hydrogen (secondary N) is 2. The predicted octanol–water partition coefficient (Wildman–Crippen LogP) is 0.463. The standard InChI is InChI=1S/C9H13N3O2/c1-3-6-7(4-2)12-9(14)8(11-6)10-5-13/h5H,3-4H2,1-2H3,(H,12,14)(H,10,11,13). The van der Waals surface area contributed by atoms with Gasteiger partial charge in [0, 0.05) is 5.69 Å². The first-order valence-corrected chi connectivity index (χ1v) is 4.55. The minimum absolute atomic E-state index is 0.0639. The first-order chi connectivity index (χ1) is 6.72. The number of hydrogen-bond donors (Lipinski definition) is 2. The van der Waals surface area contributed by atoms with E-state index in [2.05, 4.69) is 15.3 Å². The molecular weight excluding hydrogens is 182 g/mol. The molecule has 0 aliphatic rings. The maximum absolute atomic E-state index is 11.3. The van der Waals surface area contributed by atoms with E-state index in [1.54, 1.807) is 0 Å². The number of hydrogen-bond acceptors (Lipinski definition) is 3. The molecule has 1 aromatic heterocycles. The summed E-state index contributed by atoms with van der Waals surface area (Å²) in [5, 5.41) is 2.27. The molecule has 0 fully saturated rings. The van der Waals surface area contributed by atoms with Gasteiger partial charge in [0.15, 0.2) is 5.82 Å². The number of H-pyrrole nitrogens is 1. The van der Waals surface area contributed by atoms with E-state index in [0.717, 1.165) is 24.2 Å². The smallest absolute Gasteiger partial charge is 0.291 e. The van der Waals surface area contributed by atoms with Gasteiger partial charge in [-0.25, -0.2) is 4.98 Å². The van der Waals surface area contributed by atoms with E-state index in [9.17, 15) is 9.59 Å². The van der Waals surface area contributed by atoms with Gasteiger partial charge >= 0.3 is 0 Å². The van der Waals surface area contributed by atoms with Crippen molar-refractivity contribution >= 4 is 12.2 Å². The van der Waals surface area contributed by atoms with Gasteiger partial charge in [-0.3, -0.25) is 9.59 Å². The number of aryl methyl sites for hydroxylation is 2. The number of carbonyl (C=O) groups is 1. The Kier molecular flexibility index (Phi) is 3.39. The molecule has 1 heterocycles. The molecule has 1 aromatic rings. The molecule has 0 bridgehead atoms. The molecule has 0 aromatic carbocycles. The number of anilines is 1. The predicted molar refractivity (Wildman–Crippen MR) is 53.3 cm³/mol. The quantitative estimate of drug-likeness (QED) is 0.685. The van der Waals surface area contributed by atoms with Crippen LogP contribution in [0.3, 0.4) is 0 Å². The summed E-state index contributed by atoms with van der Waals surface area (Å²) in [6.45, 7) is 3.89. The van der Waals surface area contributed by atoms with Crippen molar-refractivity contribution in [2.75, 3.05) is 5.32 Å². The van der Waals surface area contributed by atoms with Crippen molar-refractivity contribution in [2.24, 2.45) is 0 Å². The Bertz CT molecular complexity index is 384. The van der Waals surface area contributed by atoms with Gasteiger partial charge < -0.3 is 10.3 Å². The van der Waals surface area contributed by atoms with Crippen LogP contribution >= 0.6 is 0 Å². The SMILES string of the molecule is CCc1nc(NC=O)c(=O)[nH]c1CC. The molecule has 0 radical (unpaired) electrons. The number of nitrogens with zero attached hydrogens (tertiary/aromatic N) is 1. The van der Waals surface area contributed by atoms with Crippen molar-refractivity contribution in [1.29, 1.82) is 0 Å². The van der Waals surface area contributed by atoms with Crippen LogP contribution in [-0.2, 0) is 17.6 Å². The highest BCUT2D eigenvalue weighted by Crippen LogP contribution is 2.04. The van der Waals surface area contributed by atoms with Crippen molar-refractivity contribution in [2.45, 2.75) is 26.7 Å². The highest BCUT2D eigenvalue weighted by Gasteiger charge is 2.06. The lowest BCUT2D eigenvalue weighted by Crippen LogP contribution is -2.19. The third-order valence-electron chi connectivity index (χ3n) is 1.96. The molecule has 0 unspecified atom stereocenters. The molecule has 14 heavy (non-hydrogen) atoms. The van der Waals surface area contributed by atoms with Crippen LogP contribution in [0.5, 0.6) is 0 Å². The van der Waals surface area contributed by atoms with E-state index in [1.807, 2.05) is 13.8 Å². The van der Waals surface area contributed by atoms with E-state index in [4.69, 9.17) is 0 Å². The molecule has 0 aliphatic carbocycles. The molecule has 1 rings (SSSR count). The van der Waals surface area contributed by atoms with Gasteiger partial charge in [-0.15, -0.1) is 0 Å². The number of aromatic amines is 1. The molecule has 0 spiro atoms. The number of carbonyl (C=O) groups excluding carboxylic acids is 1. The van der Waals surface area contributed by atoms with Crippen LogP contribution in [0.25, 0.3) is 0 Å². The van der Waals surface area contributed by atoms with Crippen LogP contribution in [0.15, 0.2) is 4.79 Å². The molecule has 76 valence electrons. The van der Waals surface area contributed by atoms with Crippen molar-refractivity contribution < 1.29 is 4.79 Å². The van der Waals surface area contributed by atoms with Crippen LogP contribution in [0.2, 0.25) is 0 Å². The van der Waals surface area contributed by atoms with Gasteiger partial charge in [0.1, 0.15) is 0 Å². The summed E-state index contributed by atoms with van der Waals surface area (Å²) in [7, 11) is 0. The van der Waals surface area contributed by atoms with Crippen molar-refractivity contribution in [3.05, 3.63) is 21.7 Å². The monoisotopic (exact) mass is 195 g/mol. The topological polar surface area (TPSA) is 74.8 Å². The maximum Gasteiger partial charge on any atom is 0.291 e. The molecule has 0 atom stereocenters. The third-order valence-corrected chi connectivity index (χ3v) is 1.96. The molecule has 5 heteroatoms. The van der Waals surface area contributed by atoms with E-state index in [-0.39, 0.29) is 11.4 Å². The fourth-order valence-electron chi connectivity index (χ4n) is 1.26. The van der Waals surface area contributed by atoms with Gasteiger partial charge in [0.25, 0.3) is 5.56 Å². The van der Waals surface area contributed by atoms with Crippen molar-refractivity contribution in [3.8, 4) is 0 Å². The fourth-order valence-corrected chi connectivity index (χ4v) is 1.26. The largest absolute Gasteiger partial charge is 0.321 e. The lowest BCUT2D eigenvalue weighted by atomic mass is 10.2. The second kappa shape index (κ2) is 4.55. The van der Waals surface area contributed by atoms with Gasteiger partial charge in [-0.2, -0.15) is 0 Å². The van der Waals surface area contributed by atoms with Crippen LogP contribution in [-0.4, -0.2) is 16.4 Å². The first kappa shape index (κ1) is 10.4. The third kappa shape index (κ3) is 1.99. The Labute approximate surface area is 81.6 Å². The van der Waals surface area contributed by atoms with E-state index < -0.39 is 0 Å². The molecule has 5 nitrogen and oxygen atoms in total. The summed E-state index contributed by atoms with van der Waals surface area (Å²) in [6, 6.07) is 0. The number of amides is 1. The average molecular weight is 195 g/mol. The van der Waals surface area contributed by atoms with Gasteiger partial charge in [0.2, 0.25) is 6.41 Å². The Morgan fingerprint density at radius 3 is 2.64 bits per heavy atom. The fraction of sp³-hybridized carbons (Fsp3) is 0.444. The van der Waals surface area contributed by atoms with Crippen molar-refractivity contribution in [1.82, 2.24) is 9.97 Å². The van der Waals surface area contributed by atoms with Crippen molar-refractivity contribution in [3.63, 3.8) is 0 Å². The summed E-state index contributed by atoms with van der Waals surface area (Å²) in [6.07, 6.45) is 1.91. The highest BCUT2D eigenvalue weighted by molar-refractivity contribution is 5.68. The molecule has 0 aliphatic heterocycles. The van der Waals surface area contributed by atoms with E-state index >= 15 is 0 Å². The molecule has 0 saturated carbocycles. The second-order valence-electron chi connectivity index (χ2n) is 2.81. The molecule has 0 saturated heterocycles. The normalized spacial score (nSPS) is 9.86. The van der Waals surface area contributed by atoms with E-state index in [1.165, 1.54) is 0 Å². The lowest BCUT2D eigenvalue weighted by molar-refractivity contribution is -0.105. The zero-order valence-corrected chi connectivity index (χ0v) is 8.26.